The van der Waals surface area contributed by atoms with Gasteiger partial charge in [-0.05, 0) is 62.8 Å². The molecular formula is C28H32FN7. The number of rotatable bonds is 6. The minimum Gasteiger partial charge on any atom is -0.366 e. The Kier molecular flexibility index (Phi) is 8.17. The van der Waals surface area contributed by atoms with Crippen molar-refractivity contribution in [3.8, 4) is 11.4 Å². The summed E-state index contributed by atoms with van der Waals surface area (Å²) in [6.45, 7) is 10.2. The van der Waals surface area contributed by atoms with Crippen molar-refractivity contribution in [2.24, 2.45) is 0 Å². The van der Waals surface area contributed by atoms with Crippen molar-refractivity contribution in [2.45, 2.75) is 32.7 Å². The topological polar surface area (TPSA) is 78.9 Å². The number of anilines is 2. The molecule has 0 aliphatic carbocycles. The summed E-state index contributed by atoms with van der Waals surface area (Å²) in [6, 6.07) is 12.3. The molecule has 1 aliphatic heterocycles. The highest BCUT2D eigenvalue weighted by Gasteiger charge is 2.17. The number of likely N-dealkylation sites (tertiary alicyclic amines) is 1. The van der Waals surface area contributed by atoms with E-state index in [0.717, 1.165) is 53.9 Å². The Labute approximate surface area is 211 Å². The quantitative estimate of drug-likeness (QED) is 0.355. The fourth-order valence-corrected chi connectivity index (χ4v) is 4.03. The summed E-state index contributed by atoms with van der Waals surface area (Å²) >= 11 is 0. The molecule has 2 N–H and O–H groups in total. The molecule has 4 heterocycles. The third kappa shape index (κ3) is 6.20. The number of hydrogen-bond donors (Lipinski definition) is 2. The van der Waals surface area contributed by atoms with E-state index >= 15 is 0 Å². The highest BCUT2D eigenvalue weighted by atomic mass is 19.1. The molecule has 0 amide bonds. The van der Waals surface area contributed by atoms with Crippen LogP contribution in [-0.2, 0) is 0 Å². The van der Waals surface area contributed by atoms with E-state index in [9.17, 15) is 4.39 Å². The molecule has 7 nitrogen and oxygen atoms in total. The molecule has 1 fully saturated rings. The van der Waals surface area contributed by atoms with E-state index in [1.807, 2.05) is 32.0 Å². The molecule has 186 valence electrons. The molecule has 0 saturated carbocycles. The van der Waals surface area contributed by atoms with Crippen LogP contribution < -0.4 is 10.6 Å². The molecule has 3 aromatic heterocycles. The average Bonchev–Trinajstić information content (AvgIpc) is 2.91. The van der Waals surface area contributed by atoms with Crippen molar-refractivity contribution >= 4 is 28.2 Å². The number of pyridine rings is 2. The lowest BCUT2D eigenvalue weighted by Gasteiger charge is -2.29. The molecule has 1 aromatic carbocycles. The van der Waals surface area contributed by atoms with Gasteiger partial charge in [0.2, 0.25) is 0 Å². The molecule has 1 aliphatic rings. The van der Waals surface area contributed by atoms with Gasteiger partial charge in [-0.3, -0.25) is 4.98 Å². The predicted molar refractivity (Wildman–Crippen MR) is 145 cm³/mol. The summed E-state index contributed by atoms with van der Waals surface area (Å²) in [5, 5.41) is 7.61. The van der Waals surface area contributed by atoms with Crippen LogP contribution in [0.5, 0.6) is 0 Å². The molecule has 0 atom stereocenters. The van der Waals surface area contributed by atoms with Crippen molar-refractivity contribution in [1.29, 1.82) is 0 Å². The summed E-state index contributed by atoms with van der Waals surface area (Å²) < 4.78 is 13.2. The fraction of sp³-hybridized carbons (Fsp3) is 0.286. The largest absolute Gasteiger partial charge is 0.366 e. The lowest BCUT2D eigenvalue weighted by Crippen LogP contribution is -2.36. The van der Waals surface area contributed by atoms with E-state index in [2.05, 4.69) is 39.1 Å². The van der Waals surface area contributed by atoms with Crippen LogP contribution in [0.3, 0.4) is 0 Å². The van der Waals surface area contributed by atoms with Crippen LogP contribution in [-0.4, -0.2) is 51.0 Å². The van der Waals surface area contributed by atoms with E-state index < -0.39 is 0 Å². The molecular weight excluding hydrogens is 453 g/mol. The van der Waals surface area contributed by atoms with Crippen LogP contribution in [0.4, 0.5) is 16.0 Å². The first-order valence-electron chi connectivity index (χ1n) is 12.3. The van der Waals surface area contributed by atoms with Gasteiger partial charge in [0.15, 0.2) is 0 Å². The maximum Gasteiger partial charge on any atom is 0.145 e. The van der Waals surface area contributed by atoms with Crippen LogP contribution in [0.25, 0.3) is 28.0 Å². The number of halogens is 1. The first kappa shape index (κ1) is 25.2. The minimum atomic E-state index is -0.286. The number of benzene rings is 1. The Morgan fingerprint density at radius 1 is 0.944 bits per heavy atom. The highest BCUT2D eigenvalue weighted by molar-refractivity contribution is 5.84. The van der Waals surface area contributed by atoms with Gasteiger partial charge in [0.1, 0.15) is 23.1 Å². The zero-order chi connectivity index (χ0) is 25.5. The monoisotopic (exact) mass is 485 g/mol. The second-order valence-corrected chi connectivity index (χ2v) is 8.58. The zero-order valence-electron chi connectivity index (χ0n) is 21.0. The van der Waals surface area contributed by atoms with Gasteiger partial charge >= 0.3 is 0 Å². The van der Waals surface area contributed by atoms with E-state index in [-0.39, 0.29) is 5.82 Å². The second kappa shape index (κ2) is 11.7. The molecule has 0 radical (unpaired) electrons. The fourth-order valence-electron chi connectivity index (χ4n) is 4.03. The maximum atomic E-state index is 13.2. The lowest BCUT2D eigenvalue weighted by atomic mass is 10.1. The number of nitrogens with zero attached hydrogens (tertiary/aromatic N) is 5. The summed E-state index contributed by atoms with van der Waals surface area (Å²) in [4.78, 5) is 20.7. The van der Waals surface area contributed by atoms with Crippen molar-refractivity contribution in [2.75, 3.05) is 30.8 Å². The van der Waals surface area contributed by atoms with Crippen LogP contribution in [0.1, 0.15) is 32.3 Å². The predicted octanol–water partition coefficient (Wildman–Crippen LogP) is 5.84. The highest BCUT2D eigenvalue weighted by Crippen LogP contribution is 2.23. The summed E-state index contributed by atoms with van der Waals surface area (Å²) in [7, 11) is 2.15. The SMILES string of the molecule is C=C(Nc1cc2nc(-c3cncc(NC4CCN(C)CC4)n3)ccc2cn1)c1ccc(F)cc1.CC. The Morgan fingerprint density at radius 2 is 1.69 bits per heavy atom. The van der Waals surface area contributed by atoms with Crippen LogP contribution in [0.2, 0.25) is 0 Å². The van der Waals surface area contributed by atoms with Crippen molar-refractivity contribution in [3.63, 3.8) is 0 Å². The molecule has 36 heavy (non-hydrogen) atoms. The van der Waals surface area contributed by atoms with E-state index in [1.54, 1.807) is 30.7 Å². The summed E-state index contributed by atoms with van der Waals surface area (Å²) in [5.74, 6) is 1.09. The van der Waals surface area contributed by atoms with Gasteiger partial charge < -0.3 is 15.5 Å². The van der Waals surface area contributed by atoms with E-state index in [1.165, 1.54) is 12.1 Å². The first-order chi connectivity index (χ1) is 17.5. The van der Waals surface area contributed by atoms with Gasteiger partial charge in [-0.15, -0.1) is 0 Å². The molecule has 0 bridgehead atoms. The lowest BCUT2D eigenvalue weighted by molar-refractivity contribution is 0.263. The Balaban J connectivity index is 0.00000148. The van der Waals surface area contributed by atoms with E-state index in [0.29, 0.717) is 23.3 Å². The molecule has 4 aromatic rings. The third-order valence-corrected chi connectivity index (χ3v) is 6.01. The first-order valence-corrected chi connectivity index (χ1v) is 12.3. The van der Waals surface area contributed by atoms with Gasteiger partial charge in [0, 0.05) is 29.4 Å². The molecule has 8 heteroatoms. The summed E-state index contributed by atoms with van der Waals surface area (Å²) in [6.07, 6.45) is 7.42. The normalized spacial score (nSPS) is 14.1. The zero-order valence-corrected chi connectivity index (χ0v) is 21.0. The molecule has 5 rings (SSSR count). The van der Waals surface area contributed by atoms with Crippen molar-refractivity contribution < 1.29 is 4.39 Å². The maximum absolute atomic E-state index is 13.2. The van der Waals surface area contributed by atoms with Crippen molar-refractivity contribution in [3.05, 3.63) is 79.0 Å². The summed E-state index contributed by atoms with van der Waals surface area (Å²) in [5.41, 5.74) is 3.64. The Hall–Kier alpha value is -3.91. The van der Waals surface area contributed by atoms with Crippen molar-refractivity contribution in [1.82, 2.24) is 24.8 Å². The minimum absolute atomic E-state index is 0.286. The van der Waals surface area contributed by atoms with Crippen LogP contribution in [0, 0.1) is 5.82 Å². The average molecular weight is 486 g/mol. The number of hydrogen-bond acceptors (Lipinski definition) is 7. The van der Waals surface area contributed by atoms with E-state index in [4.69, 9.17) is 9.97 Å². The van der Waals surface area contributed by atoms with Gasteiger partial charge in [-0.1, -0.05) is 32.6 Å². The standard InChI is InChI=1S/C26H26FN7.C2H6/c1-17(18-3-6-20(27)7-4-18)30-25-13-23-19(14-29-25)5-8-22(32-23)24-15-28-16-26(33-24)31-21-9-11-34(2)12-10-21;1-2/h3-8,13-16,21H,1,9-12H2,2H3,(H,29,30)(H,31,33);1-2H3. The third-order valence-electron chi connectivity index (χ3n) is 6.01. The second-order valence-electron chi connectivity index (χ2n) is 8.58. The van der Waals surface area contributed by atoms with Gasteiger partial charge in [0.25, 0.3) is 0 Å². The number of aromatic nitrogens is 4. The smallest absolute Gasteiger partial charge is 0.145 e. The molecule has 0 unspecified atom stereocenters. The molecule has 1 saturated heterocycles. The van der Waals surface area contributed by atoms with Gasteiger partial charge in [-0.25, -0.2) is 19.3 Å². The number of nitrogens with one attached hydrogen (secondary N) is 2. The van der Waals surface area contributed by atoms with Crippen LogP contribution in [0.15, 0.2) is 67.6 Å². The number of piperidine rings is 1. The van der Waals surface area contributed by atoms with Crippen LogP contribution >= 0.6 is 0 Å². The Morgan fingerprint density at radius 3 is 2.44 bits per heavy atom. The molecule has 0 spiro atoms. The Bertz CT molecular complexity index is 1320. The van der Waals surface area contributed by atoms with Gasteiger partial charge in [-0.2, -0.15) is 0 Å². The number of fused-ring (bicyclic) bond motifs is 1. The van der Waals surface area contributed by atoms with Gasteiger partial charge in [0.05, 0.1) is 23.6 Å².